The van der Waals surface area contributed by atoms with E-state index in [0.29, 0.717) is 5.75 Å². The Morgan fingerprint density at radius 3 is 2.32 bits per heavy atom. The number of nitro groups is 1. The molecule has 4 nitrogen and oxygen atoms in total. The van der Waals surface area contributed by atoms with Crippen LogP contribution in [0.1, 0.15) is 0 Å². The lowest BCUT2D eigenvalue weighted by molar-refractivity contribution is -0.384. The summed E-state index contributed by atoms with van der Waals surface area (Å²) in [5, 5.41) is 10.8. The first kappa shape index (κ1) is 14.1. The molecule has 0 spiro atoms. The first-order valence-electron chi connectivity index (χ1n) is 5.04. The van der Waals surface area contributed by atoms with Crippen LogP contribution >= 0.6 is 39.1 Å². The molecule has 0 aliphatic rings. The molecule has 0 bridgehead atoms. The van der Waals surface area contributed by atoms with Crippen molar-refractivity contribution in [1.29, 1.82) is 0 Å². The van der Waals surface area contributed by atoms with Crippen LogP contribution in [0.2, 0.25) is 10.0 Å². The number of halogens is 3. The van der Waals surface area contributed by atoms with Gasteiger partial charge in [0.25, 0.3) is 5.69 Å². The Kier molecular flexibility index (Phi) is 4.29. The van der Waals surface area contributed by atoms with Crippen molar-refractivity contribution in [3.8, 4) is 11.5 Å². The Morgan fingerprint density at radius 1 is 1.16 bits per heavy atom. The van der Waals surface area contributed by atoms with Gasteiger partial charge in [-0.2, -0.15) is 0 Å². The first-order chi connectivity index (χ1) is 8.97. The molecule has 0 N–H and O–H groups in total. The van der Waals surface area contributed by atoms with Crippen molar-refractivity contribution >= 4 is 44.8 Å². The van der Waals surface area contributed by atoms with E-state index in [1.54, 1.807) is 18.2 Å². The molecule has 2 rings (SSSR count). The number of rotatable bonds is 3. The van der Waals surface area contributed by atoms with E-state index in [1.165, 1.54) is 12.1 Å². The maximum atomic E-state index is 10.7. The van der Waals surface area contributed by atoms with Crippen LogP contribution in [0.15, 0.2) is 40.9 Å². The van der Waals surface area contributed by atoms with Gasteiger partial charge in [-0.05, 0) is 18.2 Å². The smallest absolute Gasteiger partial charge is 0.272 e. The Balaban J connectivity index is 2.38. The maximum Gasteiger partial charge on any atom is 0.272 e. The van der Waals surface area contributed by atoms with E-state index in [4.69, 9.17) is 27.9 Å². The molecule has 0 unspecified atom stereocenters. The first-order valence-corrected chi connectivity index (χ1v) is 6.59. The Bertz CT molecular complexity index is 626. The van der Waals surface area contributed by atoms with Gasteiger partial charge in [-0.3, -0.25) is 10.1 Å². The van der Waals surface area contributed by atoms with Gasteiger partial charge in [-0.15, -0.1) is 0 Å². The zero-order valence-electron chi connectivity index (χ0n) is 9.27. The van der Waals surface area contributed by atoms with E-state index in [0.717, 1.165) is 4.47 Å². The highest BCUT2D eigenvalue weighted by Gasteiger charge is 2.16. The van der Waals surface area contributed by atoms with Crippen LogP contribution in [0.25, 0.3) is 0 Å². The highest BCUT2D eigenvalue weighted by atomic mass is 79.9. The van der Waals surface area contributed by atoms with Crippen LogP contribution in [-0.4, -0.2) is 4.92 Å². The molecule has 2 aromatic carbocycles. The summed E-state index contributed by atoms with van der Waals surface area (Å²) in [5.41, 5.74) is -0.184. The molecule has 0 heterocycles. The van der Waals surface area contributed by atoms with Crippen LogP contribution in [0.3, 0.4) is 0 Å². The van der Waals surface area contributed by atoms with E-state index in [1.807, 2.05) is 6.07 Å². The highest BCUT2D eigenvalue weighted by Crippen LogP contribution is 2.39. The van der Waals surface area contributed by atoms with Gasteiger partial charge in [0.1, 0.15) is 5.75 Å². The molecule has 7 heteroatoms. The largest absolute Gasteiger partial charge is 0.454 e. The predicted molar refractivity (Wildman–Crippen MR) is 77.3 cm³/mol. The van der Waals surface area contributed by atoms with Gasteiger partial charge in [0.2, 0.25) is 0 Å². The topological polar surface area (TPSA) is 52.4 Å². The van der Waals surface area contributed by atoms with E-state index in [9.17, 15) is 10.1 Å². The zero-order chi connectivity index (χ0) is 14.0. The SMILES string of the molecule is O=[N+]([O-])c1cc(Cl)c(Oc2cccc(Br)c2)c(Cl)c1. The summed E-state index contributed by atoms with van der Waals surface area (Å²) < 4.78 is 6.37. The number of nitrogens with zero attached hydrogens (tertiary/aromatic N) is 1. The molecule has 0 aliphatic carbocycles. The lowest BCUT2D eigenvalue weighted by Crippen LogP contribution is -1.91. The van der Waals surface area contributed by atoms with Crippen molar-refractivity contribution in [2.24, 2.45) is 0 Å². The Labute approximate surface area is 127 Å². The number of non-ortho nitro benzene ring substituents is 1. The Hall–Kier alpha value is -1.30. The summed E-state index contributed by atoms with van der Waals surface area (Å²) in [6.07, 6.45) is 0. The summed E-state index contributed by atoms with van der Waals surface area (Å²) in [4.78, 5) is 10.1. The molecule has 0 fully saturated rings. The standard InChI is InChI=1S/C12H6BrCl2NO3/c13-7-2-1-3-9(4-7)19-12-10(14)5-8(16(17)18)6-11(12)15/h1-6H. The zero-order valence-corrected chi connectivity index (χ0v) is 12.4. The molecular weight excluding hydrogens is 357 g/mol. The van der Waals surface area contributed by atoms with Gasteiger partial charge in [0, 0.05) is 16.6 Å². The molecular formula is C12H6BrCl2NO3. The van der Waals surface area contributed by atoms with E-state index in [2.05, 4.69) is 15.9 Å². The number of hydrogen-bond donors (Lipinski definition) is 0. The fourth-order valence-corrected chi connectivity index (χ4v) is 2.33. The van der Waals surface area contributed by atoms with Gasteiger partial charge in [-0.25, -0.2) is 0 Å². The molecule has 0 aromatic heterocycles. The number of ether oxygens (including phenoxy) is 1. The summed E-state index contributed by atoms with van der Waals surface area (Å²) in [7, 11) is 0. The van der Waals surface area contributed by atoms with Crippen LogP contribution in [-0.2, 0) is 0 Å². The predicted octanol–water partition coefficient (Wildman–Crippen LogP) is 5.46. The highest BCUT2D eigenvalue weighted by molar-refractivity contribution is 9.10. The molecule has 0 atom stereocenters. The normalized spacial score (nSPS) is 10.3. The minimum absolute atomic E-state index is 0.0826. The van der Waals surface area contributed by atoms with Crippen molar-refractivity contribution in [3.05, 3.63) is 61.0 Å². The quantitative estimate of drug-likeness (QED) is 0.538. The third-order valence-corrected chi connectivity index (χ3v) is 3.26. The fraction of sp³-hybridized carbons (Fsp3) is 0. The molecule has 2 aromatic rings. The third kappa shape index (κ3) is 3.37. The van der Waals surface area contributed by atoms with Crippen molar-refractivity contribution in [2.75, 3.05) is 0 Å². The molecule has 0 radical (unpaired) electrons. The average Bonchev–Trinajstić information content (AvgIpc) is 2.33. The van der Waals surface area contributed by atoms with Crippen LogP contribution in [0.5, 0.6) is 11.5 Å². The minimum atomic E-state index is -0.569. The third-order valence-electron chi connectivity index (χ3n) is 2.21. The molecule has 0 saturated heterocycles. The van der Waals surface area contributed by atoms with Crippen LogP contribution in [0, 0.1) is 10.1 Å². The molecule has 98 valence electrons. The molecule has 0 amide bonds. The van der Waals surface area contributed by atoms with Gasteiger partial charge >= 0.3 is 0 Å². The molecule has 19 heavy (non-hydrogen) atoms. The van der Waals surface area contributed by atoms with Crippen LogP contribution < -0.4 is 4.74 Å². The lowest BCUT2D eigenvalue weighted by Gasteiger charge is -2.09. The van der Waals surface area contributed by atoms with E-state index >= 15 is 0 Å². The van der Waals surface area contributed by atoms with Crippen molar-refractivity contribution in [3.63, 3.8) is 0 Å². The van der Waals surface area contributed by atoms with Crippen molar-refractivity contribution < 1.29 is 9.66 Å². The van der Waals surface area contributed by atoms with Gasteiger partial charge < -0.3 is 4.74 Å². The summed E-state index contributed by atoms with van der Waals surface area (Å²) >= 11 is 15.2. The number of hydrogen-bond acceptors (Lipinski definition) is 3. The minimum Gasteiger partial charge on any atom is -0.454 e. The Morgan fingerprint density at radius 2 is 1.79 bits per heavy atom. The lowest BCUT2D eigenvalue weighted by atomic mass is 10.3. The second-order valence-corrected chi connectivity index (χ2v) is 5.29. The van der Waals surface area contributed by atoms with Crippen molar-refractivity contribution in [2.45, 2.75) is 0 Å². The second-order valence-electron chi connectivity index (χ2n) is 3.56. The summed E-state index contributed by atoms with van der Waals surface area (Å²) in [6, 6.07) is 9.47. The van der Waals surface area contributed by atoms with Gasteiger partial charge in [0.05, 0.1) is 15.0 Å². The maximum absolute atomic E-state index is 10.7. The molecule has 0 saturated carbocycles. The molecule has 0 aliphatic heterocycles. The van der Waals surface area contributed by atoms with E-state index in [-0.39, 0.29) is 21.5 Å². The second kappa shape index (κ2) is 5.77. The van der Waals surface area contributed by atoms with Gasteiger partial charge in [-0.1, -0.05) is 45.2 Å². The van der Waals surface area contributed by atoms with E-state index < -0.39 is 4.92 Å². The fourth-order valence-electron chi connectivity index (χ4n) is 1.40. The van der Waals surface area contributed by atoms with Gasteiger partial charge in [0.15, 0.2) is 5.75 Å². The van der Waals surface area contributed by atoms with Crippen molar-refractivity contribution in [1.82, 2.24) is 0 Å². The monoisotopic (exact) mass is 361 g/mol. The summed E-state index contributed by atoms with van der Waals surface area (Å²) in [6.45, 7) is 0. The average molecular weight is 363 g/mol. The number of benzene rings is 2. The summed E-state index contributed by atoms with van der Waals surface area (Å²) in [5.74, 6) is 0.707. The van der Waals surface area contributed by atoms with Crippen LogP contribution in [0.4, 0.5) is 5.69 Å². The number of nitro benzene ring substituents is 1.